The third kappa shape index (κ3) is 4.67. The van der Waals surface area contributed by atoms with E-state index in [1.54, 1.807) is 30.3 Å². The number of benzene rings is 3. The van der Waals surface area contributed by atoms with Crippen LogP contribution < -0.4 is 14.8 Å². The molecule has 150 valence electrons. The fraction of sp³-hybridized carbons (Fsp3) is 0.0833. The summed E-state index contributed by atoms with van der Waals surface area (Å²) in [5.41, 5.74) is 1.64. The number of amides is 1. The molecule has 1 heterocycles. The highest BCUT2D eigenvalue weighted by Gasteiger charge is 2.19. The van der Waals surface area contributed by atoms with Gasteiger partial charge in [-0.2, -0.15) is 0 Å². The quantitative estimate of drug-likeness (QED) is 0.619. The van der Waals surface area contributed by atoms with Crippen molar-refractivity contribution in [1.29, 1.82) is 0 Å². The molecule has 0 fully saturated rings. The van der Waals surface area contributed by atoms with E-state index in [1.807, 2.05) is 54.6 Å². The third-order valence-electron chi connectivity index (χ3n) is 4.36. The number of anilines is 1. The van der Waals surface area contributed by atoms with E-state index in [-0.39, 0.29) is 6.61 Å². The number of nitrogens with one attached hydrogen (secondary N) is 1. The Morgan fingerprint density at radius 2 is 1.63 bits per heavy atom. The summed E-state index contributed by atoms with van der Waals surface area (Å²) >= 11 is 0. The van der Waals surface area contributed by atoms with Gasteiger partial charge >= 0.3 is 5.97 Å². The van der Waals surface area contributed by atoms with Crippen LogP contribution in [0.5, 0.6) is 17.2 Å². The molecule has 0 unspecified atom stereocenters. The molecule has 0 aromatic heterocycles. The summed E-state index contributed by atoms with van der Waals surface area (Å²) in [4.78, 5) is 24.6. The van der Waals surface area contributed by atoms with Gasteiger partial charge in [-0.1, -0.05) is 48.5 Å². The standard InChI is InChI=1S/C24H19NO5/c26-23(16-29-24(27)18-14-17-8-4-6-12-21(17)28-15-18)25-20-11-5-7-13-22(20)30-19-9-2-1-3-10-19/h1-14H,15-16H2,(H,25,26). The molecule has 1 N–H and O–H groups in total. The van der Waals surface area contributed by atoms with Crippen LogP contribution in [-0.2, 0) is 14.3 Å². The number of esters is 1. The molecule has 0 saturated carbocycles. The van der Waals surface area contributed by atoms with Crippen molar-refractivity contribution in [2.75, 3.05) is 18.5 Å². The van der Waals surface area contributed by atoms with Crippen LogP contribution in [0.4, 0.5) is 5.69 Å². The van der Waals surface area contributed by atoms with Crippen molar-refractivity contribution in [2.45, 2.75) is 0 Å². The Balaban J connectivity index is 1.36. The molecule has 6 nitrogen and oxygen atoms in total. The van der Waals surface area contributed by atoms with Gasteiger partial charge in [0, 0.05) is 5.56 Å². The lowest BCUT2D eigenvalue weighted by Gasteiger charge is -2.17. The Morgan fingerprint density at radius 1 is 0.900 bits per heavy atom. The van der Waals surface area contributed by atoms with Gasteiger partial charge in [0.05, 0.1) is 11.3 Å². The van der Waals surface area contributed by atoms with Crippen LogP contribution in [-0.4, -0.2) is 25.1 Å². The van der Waals surface area contributed by atoms with E-state index in [2.05, 4.69) is 5.32 Å². The predicted molar refractivity (Wildman–Crippen MR) is 112 cm³/mol. The Bertz CT molecular complexity index is 1090. The van der Waals surface area contributed by atoms with E-state index in [1.165, 1.54) is 0 Å². The molecule has 3 aromatic rings. The topological polar surface area (TPSA) is 73.9 Å². The molecule has 30 heavy (non-hydrogen) atoms. The molecule has 1 amide bonds. The second-order valence-electron chi connectivity index (χ2n) is 6.53. The van der Waals surface area contributed by atoms with E-state index in [9.17, 15) is 9.59 Å². The summed E-state index contributed by atoms with van der Waals surface area (Å²) in [7, 11) is 0. The normalized spacial score (nSPS) is 12.1. The Hall–Kier alpha value is -4.06. The number of carbonyl (C=O) groups is 2. The average molecular weight is 401 g/mol. The molecule has 6 heteroatoms. The van der Waals surface area contributed by atoms with Gasteiger partial charge in [-0.25, -0.2) is 4.79 Å². The van der Waals surface area contributed by atoms with Gasteiger partial charge in [0.25, 0.3) is 5.91 Å². The number of para-hydroxylation sites is 4. The molecule has 0 atom stereocenters. The average Bonchev–Trinajstić information content (AvgIpc) is 2.79. The lowest BCUT2D eigenvalue weighted by molar-refractivity contribution is -0.143. The van der Waals surface area contributed by atoms with Crippen molar-refractivity contribution in [3.05, 3.63) is 90.0 Å². The molecule has 0 radical (unpaired) electrons. The van der Waals surface area contributed by atoms with Gasteiger partial charge < -0.3 is 19.5 Å². The minimum Gasteiger partial charge on any atom is -0.488 e. The van der Waals surface area contributed by atoms with Crippen molar-refractivity contribution in [1.82, 2.24) is 0 Å². The van der Waals surface area contributed by atoms with Crippen LogP contribution >= 0.6 is 0 Å². The summed E-state index contributed by atoms with van der Waals surface area (Å²) in [6.07, 6.45) is 1.71. The largest absolute Gasteiger partial charge is 0.488 e. The second-order valence-corrected chi connectivity index (χ2v) is 6.53. The van der Waals surface area contributed by atoms with Crippen molar-refractivity contribution in [3.8, 4) is 17.2 Å². The number of ether oxygens (including phenoxy) is 3. The van der Waals surface area contributed by atoms with Crippen LogP contribution in [0.25, 0.3) is 6.08 Å². The minimum absolute atomic E-state index is 0.102. The van der Waals surface area contributed by atoms with E-state index in [4.69, 9.17) is 14.2 Å². The zero-order valence-corrected chi connectivity index (χ0v) is 16.0. The van der Waals surface area contributed by atoms with Gasteiger partial charge in [-0.05, 0) is 36.4 Å². The molecular formula is C24H19NO5. The highest BCUT2D eigenvalue weighted by atomic mass is 16.5. The summed E-state index contributed by atoms with van der Waals surface area (Å²) < 4.78 is 16.5. The zero-order chi connectivity index (χ0) is 20.8. The lowest BCUT2D eigenvalue weighted by atomic mass is 10.1. The van der Waals surface area contributed by atoms with Crippen molar-refractivity contribution in [3.63, 3.8) is 0 Å². The van der Waals surface area contributed by atoms with Crippen LogP contribution in [0.3, 0.4) is 0 Å². The SMILES string of the molecule is O=C(COC(=O)C1=Cc2ccccc2OC1)Nc1ccccc1Oc1ccccc1. The molecule has 1 aliphatic rings. The molecule has 4 rings (SSSR count). The van der Waals surface area contributed by atoms with E-state index < -0.39 is 18.5 Å². The van der Waals surface area contributed by atoms with Gasteiger partial charge in [0.2, 0.25) is 0 Å². The van der Waals surface area contributed by atoms with Crippen molar-refractivity contribution in [2.24, 2.45) is 0 Å². The third-order valence-corrected chi connectivity index (χ3v) is 4.36. The fourth-order valence-corrected chi connectivity index (χ4v) is 2.92. The van der Waals surface area contributed by atoms with E-state index in [0.717, 1.165) is 5.56 Å². The number of hydrogen-bond donors (Lipinski definition) is 1. The van der Waals surface area contributed by atoms with Gasteiger partial charge in [0.1, 0.15) is 18.1 Å². The minimum atomic E-state index is -0.589. The van der Waals surface area contributed by atoms with Gasteiger partial charge in [-0.15, -0.1) is 0 Å². The number of hydrogen-bond acceptors (Lipinski definition) is 5. The van der Waals surface area contributed by atoms with Crippen LogP contribution in [0, 0.1) is 0 Å². The Labute approximate surface area is 173 Å². The molecule has 3 aromatic carbocycles. The molecule has 0 bridgehead atoms. The summed E-state index contributed by atoms with van der Waals surface area (Å²) in [5, 5.41) is 2.71. The van der Waals surface area contributed by atoms with Gasteiger partial charge in [0.15, 0.2) is 12.4 Å². The smallest absolute Gasteiger partial charge is 0.338 e. The zero-order valence-electron chi connectivity index (χ0n) is 16.0. The second kappa shape index (κ2) is 8.96. The first kappa shape index (κ1) is 19.3. The molecule has 1 aliphatic heterocycles. The van der Waals surface area contributed by atoms with Crippen LogP contribution in [0.1, 0.15) is 5.56 Å². The first-order valence-corrected chi connectivity index (χ1v) is 9.40. The lowest BCUT2D eigenvalue weighted by Crippen LogP contribution is -2.24. The van der Waals surface area contributed by atoms with Crippen LogP contribution in [0.2, 0.25) is 0 Å². The first-order chi connectivity index (χ1) is 14.7. The van der Waals surface area contributed by atoms with E-state index >= 15 is 0 Å². The van der Waals surface area contributed by atoms with Gasteiger partial charge in [-0.3, -0.25) is 4.79 Å². The summed E-state index contributed by atoms with van der Waals surface area (Å²) in [6, 6.07) is 23.7. The summed E-state index contributed by atoms with van der Waals surface area (Å²) in [5.74, 6) is 0.791. The molecule has 0 aliphatic carbocycles. The fourth-order valence-electron chi connectivity index (χ4n) is 2.92. The number of carbonyl (C=O) groups excluding carboxylic acids is 2. The molecular weight excluding hydrogens is 382 g/mol. The molecule has 0 spiro atoms. The van der Waals surface area contributed by atoms with Crippen molar-refractivity contribution >= 4 is 23.6 Å². The van der Waals surface area contributed by atoms with E-state index in [0.29, 0.717) is 28.5 Å². The maximum absolute atomic E-state index is 12.3. The highest BCUT2D eigenvalue weighted by molar-refractivity contribution is 5.98. The maximum atomic E-state index is 12.3. The first-order valence-electron chi connectivity index (χ1n) is 9.40. The number of fused-ring (bicyclic) bond motifs is 1. The Morgan fingerprint density at radius 3 is 2.50 bits per heavy atom. The molecule has 0 saturated heterocycles. The predicted octanol–water partition coefficient (Wildman–Crippen LogP) is 4.44. The number of rotatable bonds is 6. The van der Waals surface area contributed by atoms with Crippen molar-refractivity contribution < 1.29 is 23.8 Å². The van der Waals surface area contributed by atoms with Crippen LogP contribution in [0.15, 0.2) is 84.4 Å². The monoisotopic (exact) mass is 401 g/mol. The maximum Gasteiger partial charge on any atom is 0.338 e. The highest BCUT2D eigenvalue weighted by Crippen LogP contribution is 2.29. The Kier molecular flexibility index (Phi) is 5.75. The summed E-state index contributed by atoms with van der Waals surface area (Å²) in [6.45, 7) is -0.317.